The van der Waals surface area contributed by atoms with Crippen molar-refractivity contribution >= 4 is 35.2 Å². The molecule has 31 heavy (non-hydrogen) atoms. The minimum absolute atomic E-state index is 0.114. The quantitative estimate of drug-likeness (QED) is 0.719. The molecule has 2 saturated heterocycles. The van der Waals surface area contributed by atoms with E-state index < -0.39 is 17.8 Å². The smallest absolute Gasteiger partial charge is 0.255 e. The summed E-state index contributed by atoms with van der Waals surface area (Å²) in [4.78, 5) is 26.7. The Balaban J connectivity index is 1.41. The summed E-state index contributed by atoms with van der Waals surface area (Å²) in [6, 6.07) is 4.36. The average Bonchev–Trinajstić information content (AvgIpc) is 3.54. The molecule has 0 spiro atoms. The van der Waals surface area contributed by atoms with E-state index >= 15 is 0 Å². The molecule has 6 rings (SSSR count). The van der Waals surface area contributed by atoms with Gasteiger partial charge < -0.3 is 18.9 Å². The van der Waals surface area contributed by atoms with E-state index in [-0.39, 0.29) is 11.8 Å². The van der Waals surface area contributed by atoms with Crippen LogP contribution in [0, 0.1) is 0 Å². The summed E-state index contributed by atoms with van der Waals surface area (Å²) >= 11 is 6.59. The number of benzene rings is 1. The molecule has 9 nitrogen and oxygen atoms in total. The molecule has 0 N–H and O–H groups in total. The van der Waals surface area contributed by atoms with E-state index in [1.54, 1.807) is 17.3 Å². The molecule has 0 aliphatic carbocycles. The fourth-order valence-electron chi connectivity index (χ4n) is 4.97. The van der Waals surface area contributed by atoms with Gasteiger partial charge in [-0.3, -0.25) is 14.7 Å². The summed E-state index contributed by atoms with van der Waals surface area (Å²) in [5.41, 5.74) is 0.692. The van der Waals surface area contributed by atoms with Crippen molar-refractivity contribution in [1.82, 2.24) is 10.1 Å². The van der Waals surface area contributed by atoms with Gasteiger partial charge in [-0.25, -0.2) is 0 Å². The van der Waals surface area contributed by atoms with Gasteiger partial charge in [0.25, 0.3) is 11.8 Å². The number of fused-ring (bicyclic) bond motifs is 3. The summed E-state index contributed by atoms with van der Waals surface area (Å²) in [6.45, 7) is 3.81. The van der Waals surface area contributed by atoms with Crippen LogP contribution in [0.15, 0.2) is 27.7 Å². The highest BCUT2D eigenvalue weighted by Crippen LogP contribution is 2.49. The van der Waals surface area contributed by atoms with E-state index in [9.17, 15) is 4.79 Å². The topological polar surface area (TPSA) is 93.3 Å². The molecular formula is C21H22ClN5O4. The molecule has 2 fully saturated rings. The largest absolute Gasteiger partial charge is 0.381 e. The lowest BCUT2D eigenvalue weighted by atomic mass is 9.97. The van der Waals surface area contributed by atoms with Gasteiger partial charge in [0.15, 0.2) is 11.9 Å². The van der Waals surface area contributed by atoms with Gasteiger partial charge in [0.05, 0.1) is 29.3 Å². The van der Waals surface area contributed by atoms with Crippen molar-refractivity contribution < 1.29 is 18.8 Å². The van der Waals surface area contributed by atoms with Crippen molar-refractivity contribution in [2.45, 2.75) is 49.9 Å². The number of para-hydroxylation sites is 1. The molecule has 4 atom stereocenters. The molecule has 0 saturated carbocycles. The van der Waals surface area contributed by atoms with Gasteiger partial charge in [-0.1, -0.05) is 22.8 Å². The summed E-state index contributed by atoms with van der Waals surface area (Å²) in [6.07, 6.45) is 4.13. The molecule has 0 bridgehead atoms. The van der Waals surface area contributed by atoms with E-state index in [4.69, 9.17) is 25.6 Å². The molecule has 1 aromatic carbocycles. The van der Waals surface area contributed by atoms with E-state index in [2.05, 4.69) is 15.1 Å². The second-order valence-corrected chi connectivity index (χ2v) is 8.93. The number of nitrogens with zero attached hydrogens (tertiary/aromatic N) is 5. The minimum Gasteiger partial charge on any atom is -0.381 e. The number of rotatable bonds is 3. The van der Waals surface area contributed by atoms with Crippen LogP contribution in [0.5, 0.6) is 0 Å². The first kappa shape index (κ1) is 19.2. The molecule has 0 radical (unpaired) electrons. The van der Waals surface area contributed by atoms with Crippen LogP contribution >= 0.6 is 11.6 Å². The van der Waals surface area contributed by atoms with Crippen molar-refractivity contribution in [2.75, 3.05) is 29.6 Å². The van der Waals surface area contributed by atoms with E-state index in [1.165, 1.54) is 0 Å². The zero-order valence-electron chi connectivity index (χ0n) is 17.0. The molecule has 4 aliphatic rings. The second-order valence-electron chi connectivity index (χ2n) is 8.52. The van der Waals surface area contributed by atoms with Gasteiger partial charge in [-0.15, -0.1) is 0 Å². The predicted octanol–water partition coefficient (Wildman–Crippen LogP) is 3.06. The van der Waals surface area contributed by atoms with Crippen LogP contribution in [0.4, 0.5) is 11.4 Å². The van der Waals surface area contributed by atoms with E-state index in [1.807, 2.05) is 24.0 Å². The highest BCUT2D eigenvalue weighted by molar-refractivity contribution is 6.35. The molecule has 5 heterocycles. The maximum Gasteiger partial charge on any atom is 0.255 e. The fourth-order valence-corrected chi connectivity index (χ4v) is 5.23. The van der Waals surface area contributed by atoms with Crippen molar-refractivity contribution in [3.05, 3.63) is 34.9 Å². The van der Waals surface area contributed by atoms with Crippen LogP contribution in [-0.2, 0) is 14.3 Å². The Kier molecular flexibility index (Phi) is 4.35. The van der Waals surface area contributed by atoms with Crippen LogP contribution in [0.1, 0.15) is 49.9 Å². The number of carbonyl (C=O) groups is 1. The third-order valence-corrected chi connectivity index (χ3v) is 6.87. The zero-order chi connectivity index (χ0) is 21.2. The van der Waals surface area contributed by atoms with Crippen LogP contribution in [0.25, 0.3) is 0 Å². The van der Waals surface area contributed by atoms with Crippen molar-refractivity contribution in [3.8, 4) is 0 Å². The second kappa shape index (κ2) is 7.01. The van der Waals surface area contributed by atoms with E-state index in [0.29, 0.717) is 42.2 Å². The van der Waals surface area contributed by atoms with Crippen molar-refractivity contribution in [2.24, 2.45) is 4.99 Å². The number of halogens is 1. The summed E-state index contributed by atoms with van der Waals surface area (Å²) in [5, 5.41) is 4.64. The Morgan fingerprint density at radius 1 is 1.29 bits per heavy atom. The maximum absolute atomic E-state index is 13.9. The number of aliphatic imine (C=N–C) groups is 1. The fraction of sp³-hybridized carbons (Fsp3) is 0.524. The molecule has 4 aliphatic heterocycles. The third kappa shape index (κ3) is 2.83. The number of hydrogen-bond acceptors (Lipinski definition) is 8. The first-order chi connectivity index (χ1) is 15.1. The van der Waals surface area contributed by atoms with Gasteiger partial charge in [0, 0.05) is 19.1 Å². The maximum atomic E-state index is 13.9. The van der Waals surface area contributed by atoms with Gasteiger partial charge in [-0.05, 0) is 38.3 Å². The van der Waals surface area contributed by atoms with Gasteiger partial charge in [-0.2, -0.15) is 4.98 Å². The standard InChI is InChI=1S/C21H22ClN5O4/c1-21(7-3-8-30-21)27-16-13(22)4-2-5-14(16)26-11-23-15(17(26)20(27)28)19-24-18(25-31-19)12-6-9-29-10-12/h2,4-5,11-12,15,17H,3,6-10H2,1H3. The van der Waals surface area contributed by atoms with Gasteiger partial charge in [0.1, 0.15) is 11.8 Å². The zero-order valence-corrected chi connectivity index (χ0v) is 17.8. The Bertz CT molecular complexity index is 1060. The minimum atomic E-state index is -0.767. The van der Waals surface area contributed by atoms with Crippen molar-refractivity contribution in [1.29, 1.82) is 0 Å². The molecule has 10 heteroatoms. The number of aromatic nitrogens is 2. The van der Waals surface area contributed by atoms with E-state index in [0.717, 1.165) is 24.9 Å². The monoisotopic (exact) mass is 443 g/mol. The highest BCUT2D eigenvalue weighted by atomic mass is 35.5. The average molecular weight is 444 g/mol. The Hall–Kier alpha value is -2.49. The van der Waals surface area contributed by atoms with Gasteiger partial charge in [0.2, 0.25) is 0 Å². The Morgan fingerprint density at radius 2 is 2.19 bits per heavy atom. The summed E-state index contributed by atoms with van der Waals surface area (Å²) in [5.74, 6) is 0.914. The number of amides is 1. The number of anilines is 2. The first-order valence-corrected chi connectivity index (χ1v) is 10.9. The molecule has 1 amide bonds. The molecule has 4 unspecified atom stereocenters. The number of carbonyl (C=O) groups excluding carboxylic acids is 1. The lowest BCUT2D eigenvalue weighted by Crippen LogP contribution is -2.60. The van der Waals surface area contributed by atoms with Gasteiger partial charge >= 0.3 is 0 Å². The number of ether oxygens (including phenoxy) is 2. The Morgan fingerprint density at radius 3 is 2.97 bits per heavy atom. The number of hydrogen-bond donors (Lipinski definition) is 0. The highest BCUT2D eigenvalue weighted by Gasteiger charge is 2.54. The van der Waals surface area contributed by atoms with Crippen molar-refractivity contribution in [3.63, 3.8) is 0 Å². The predicted molar refractivity (Wildman–Crippen MR) is 113 cm³/mol. The first-order valence-electron chi connectivity index (χ1n) is 10.6. The van der Waals surface area contributed by atoms with Crippen LogP contribution in [0.3, 0.4) is 0 Å². The lowest BCUT2D eigenvalue weighted by molar-refractivity contribution is -0.125. The van der Waals surface area contributed by atoms with Crippen LogP contribution in [-0.4, -0.2) is 54.0 Å². The summed E-state index contributed by atoms with van der Waals surface area (Å²) < 4.78 is 17.1. The molecular weight excluding hydrogens is 422 g/mol. The third-order valence-electron chi connectivity index (χ3n) is 6.57. The molecule has 162 valence electrons. The SMILES string of the molecule is CC1(N2C(=O)C3C(c4nc(C5CCOC5)no4)N=CN3c3cccc(Cl)c32)CCCO1. The normalized spacial score (nSPS) is 32.1. The molecule has 2 aromatic rings. The van der Waals surface area contributed by atoms with Crippen LogP contribution < -0.4 is 9.80 Å². The Labute approximate surface area is 184 Å². The summed E-state index contributed by atoms with van der Waals surface area (Å²) in [7, 11) is 0. The lowest BCUT2D eigenvalue weighted by Gasteiger charge is -2.46. The molecule has 1 aromatic heterocycles. The van der Waals surface area contributed by atoms with Crippen LogP contribution in [0.2, 0.25) is 5.02 Å².